The van der Waals surface area contributed by atoms with Crippen LogP contribution in [0.5, 0.6) is 5.75 Å². The number of hydrogen-bond acceptors (Lipinski definition) is 4. The van der Waals surface area contributed by atoms with Crippen LogP contribution in [0.15, 0.2) is 22.7 Å². The number of hydrogen-bond donors (Lipinski definition) is 2. The highest BCUT2D eigenvalue weighted by Gasteiger charge is 2.13. The minimum absolute atomic E-state index is 0.0635. The van der Waals surface area contributed by atoms with Gasteiger partial charge in [-0.25, -0.2) is 0 Å². The third-order valence-corrected chi connectivity index (χ3v) is 3.42. The SMILES string of the molecule is Cc1ccc(O)c(C(C)NCc2c(C)noc2C)c1. The standard InChI is InChI=1S/C15H20N2O2/c1-9-5-6-15(18)13(7-9)10(2)16-8-14-11(3)17-19-12(14)4/h5-7,10,16,18H,8H2,1-4H3. The van der Waals surface area contributed by atoms with Crippen molar-refractivity contribution in [2.45, 2.75) is 40.3 Å². The lowest BCUT2D eigenvalue weighted by Gasteiger charge is -2.16. The van der Waals surface area contributed by atoms with Crippen LogP contribution in [0, 0.1) is 20.8 Å². The average molecular weight is 260 g/mol. The van der Waals surface area contributed by atoms with Crippen molar-refractivity contribution in [1.29, 1.82) is 0 Å². The highest BCUT2D eigenvalue weighted by Crippen LogP contribution is 2.25. The number of nitrogens with one attached hydrogen (secondary N) is 1. The van der Waals surface area contributed by atoms with Crippen LogP contribution in [0.4, 0.5) is 0 Å². The van der Waals surface area contributed by atoms with Gasteiger partial charge >= 0.3 is 0 Å². The fraction of sp³-hybridized carbons (Fsp3) is 0.400. The van der Waals surface area contributed by atoms with Crippen molar-refractivity contribution in [3.8, 4) is 5.75 Å². The molecule has 0 saturated carbocycles. The predicted molar refractivity (Wildman–Crippen MR) is 74.1 cm³/mol. The van der Waals surface area contributed by atoms with Crippen molar-refractivity contribution in [2.75, 3.05) is 0 Å². The van der Waals surface area contributed by atoms with Crippen LogP contribution >= 0.6 is 0 Å². The summed E-state index contributed by atoms with van der Waals surface area (Å²) in [6, 6.07) is 5.70. The second kappa shape index (κ2) is 5.45. The van der Waals surface area contributed by atoms with Crippen molar-refractivity contribution in [2.24, 2.45) is 0 Å². The molecule has 2 rings (SSSR count). The van der Waals surface area contributed by atoms with E-state index >= 15 is 0 Å². The van der Waals surface area contributed by atoms with Crippen LogP contribution in [-0.2, 0) is 6.54 Å². The zero-order chi connectivity index (χ0) is 14.0. The summed E-state index contributed by atoms with van der Waals surface area (Å²) in [5, 5.41) is 17.2. The molecule has 1 aromatic carbocycles. The third-order valence-electron chi connectivity index (χ3n) is 3.42. The molecule has 4 heteroatoms. The first-order valence-electron chi connectivity index (χ1n) is 6.43. The summed E-state index contributed by atoms with van der Waals surface area (Å²) < 4.78 is 5.14. The number of rotatable bonds is 4. The molecule has 19 heavy (non-hydrogen) atoms. The molecule has 2 N–H and O–H groups in total. The molecule has 1 aromatic heterocycles. The molecule has 0 aliphatic carbocycles. The van der Waals surface area contributed by atoms with Gasteiger partial charge in [-0.15, -0.1) is 0 Å². The van der Waals surface area contributed by atoms with Crippen molar-refractivity contribution in [3.63, 3.8) is 0 Å². The number of aryl methyl sites for hydroxylation is 3. The van der Waals surface area contributed by atoms with E-state index in [1.54, 1.807) is 6.07 Å². The molecular formula is C15H20N2O2. The van der Waals surface area contributed by atoms with E-state index in [4.69, 9.17) is 4.52 Å². The van der Waals surface area contributed by atoms with Crippen molar-refractivity contribution in [3.05, 3.63) is 46.3 Å². The van der Waals surface area contributed by atoms with Gasteiger partial charge in [0.15, 0.2) is 0 Å². The van der Waals surface area contributed by atoms with Crippen molar-refractivity contribution < 1.29 is 9.63 Å². The highest BCUT2D eigenvalue weighted by molar-refractivity contribution is 5.37. The predicted octanol–water partition coefficient (Wildman–Crippen LogP) is 3.16. The number of aromatic hydroxyl groups is 1. The number of nitrogens with zero attached hydrogens (tertiary/aromatic N) is 1. The molecule has 0 saturated heterocycles. The average Bonchev–Trinajstić information content (AvgIpc) is 2.69. The maximum Gasteiger partial charge on any atom is 0.138 e. The van der Waals surface area contributed by atoms with Crippen LogP contribution in [0.1, 0.15) is 41.1 Å². The highest BCUT2D eigenvalue weighted by atomic mass is 16.5. The summed E-state index contributed by atoms with van der Waals surface area (Å²) in [6.45, 7) is 8.57. The van der Waals surface area contributed by atoms with E-state index < -0.39 is 0 Å². The molecule has 102 valence electrons. The first-order valence-corrected chi connectivity index (χ1v) is 6.43. The summed E-state index contributed by atoms with van der Waals surface area (Å²) in [6.07, 6.45) is 0. The Hall–Kier alpha value is -1.81. The molecule has 1 atom stereocenters. The van der Waals surface area contributed by atoms with E-state index in [1.165, 1.54) is 0 Å². The molecule has 0 spiro atoms. The van der Waals surface area contributed by atoms with Gasteiger partial charge in [-0.1, -0.05) is 22.9 Å². The lowest BCUT2D eigenvalue weighted by Crippen LogP contribution is -2.19. The van der Waals surface area contributed by atoms with Crippen molar-refractivity contribution in [1.82, 2.24) is 10.5 Å². The third kappa shape index (κ3) is 2.96. The van der Waals surface area contributed by atoms with Gasteiger partial charge < -0.3 is 14.9 Å². The summed E-state index contributed by atoms with van der Waals surface area (Å²) in [5.74, 6) is 1.16. The smallest absolute Gasteiger partial charge is 0.138 e. The Kier molecular flexibility index (Phi) is 3.90. The van der Waals surface area contributed by atoms with Gasteiger partial charge in [-0.2, -0.15) is 0 Å². The maximum absolute atomic E-state index is 9.90. The minimum Gasteiger partial charge on any atom is -0.508 e. The second-order valence-electron chi connectivity index (χ2n) is 4.97. The molecule has 0 aliphatic heterocycles. The Labute approximate surface area is 113 Å². The minimum atomic E-state index is 0.0635. The molecule has 0 aliphatic rings. The van der Waals surface area contributed by atoms with E-state index in [-0.39, 0.29) is 6.04 Å². The maximum atomic E-state index is 9.90. The van der Waals surface area contributed by atoms with Gasteiger partial charge in [0.25, 0.3) is 0 Å². The van der Waals surface area contributed by atoms with E-state index in [0.717, 1.165) is 28.1 Å². The Balaban J connectivity index is 2.09. The van der Waals surface area contributed by atoms with E-state index in [9.17, 15) is 5.11 Å². The van der Waals surface area contributed by atoms with Gasteiger partial charge in [0.1, 0.15) is 11.5 Å². The molecule has 0 bridgehead atoms. The first-order chi connectivity index (χ1) is 8.99. The molecule has 2 aromatic rings. The van der Waals surface area contributed by atoms with Gasteiger partial charge in [0.2, 0.25) is 0 Å². The van der Waals surface area contributed by atoms with Crippen LogP contribution < -0.4 is 5.32 Å². The molecule has 1 heterocycles. The normalized spacial score (nSPS) is 12.6. The number of phenols is 1. The molecule has 4 nitrogen and oxygen atoms in total. The Morgan fingerprint density at radius 3 is 2.68 bits per heavy atom. The van der Waals surface area contributed by atoms with Gasteiger partial charge in [-0.05, 0) is 33.8 Å². The largest absolute Gasteiger partial charge is 0.508 e. The summed E-state index contributed by atoms with van der Waals surface area (Å²) >= 11 is 0. The van der Waals surface area contributed by atoms with Gasteiger partial charge in [0.05, 0.1) is 5.69 Å². The lowest BCUT2D eigenvalue weighted by molar-refractivity contribution is 0.391. The van der Waals surface area contributed by atoms with E-state index in [2.05, 4.69) is 10.5 Å². The first kappa shape index (κ1) is 13.6. The zero-order valence-corrected chi connectivity index (χ0v) is 11.8. The second-order valence-corrected chi connectivity index (χ2v) is 4.97. The molecular weight excluding hydrogens is 240 g/mol. The van der Waals surface area contributed by atoms with Crippen LogP contribution in [-0.4, -0.2) is 10.3 Å². The molecule has 1 unspecified atom stereocenters. The topological polar surface area (TPSA) is 58.3 Å². The fourth-order valence-corrected chi connectivity index (χ4v) is 2.14. The number of benzene rings is 1. The number of aromatic nitrogens is 1. The summed E-state index contributed by atoms with van der Waals surface area (Å²) in [4.78, 5) is 0. The van der Waals surface area contributed by atoms with Crippen LogP contribution in [0.3, 0.4) is 0 Å². The molecule has 0 fully saturated rings. The Morgan fingerprint density at radius 1 is 1.32 bits per heavy atom. The molecule has 0 amide bonds. The lowest BCUT2D eigenvalue weighted by atomic mass is 10.0. The van der Waals surface area contributed by atoms with Crippen LogP contribution in [0.2, 0.25) is 0 Å². The van der Waals surface area contributed by atoms with E-state index in [1.807, 2.05) is 39.8 Å². The fourth-order valence-electron chi connectivity index (χ4n) is 2.14. The van der Waals surface area contributed by atoms with Gasteiger partial charge in [0, 0.05) is 23.7 Å². The van der Waals surface area contributed by atoms with Crippen molar-refractivity contribution >= 4 is 0 Å². The van der Waals surface area contributed by atoms with E-state index in [0.29, 0.717) is 12.3 Å². The van der Waals surface area contributed by atoms with Gasteiger partial charge in [-0.3, -0.25) is 0 Å². The summed E-state index contributed by atoms with van der Waals surface area (Å²) in [5.41, 5.74) is 4.04. The summed E-state index contributed by atoms with van der Waals surface area (Å²) in [7, 11) is 0. The molecule has 0 radical (unpaired) electrons. The Morgan fingerprint density at radius 2 is 2.05 bits per heavy atom. The number of phenolic OH excluding ortho intramolecular Hbond substituents is 1. The van der Waals surface area contributed by atoms with Crippen LogP contribution in [0.25, 0.3) is 0 Å². The zero-order valence-electron chi connectivity index (χ0n) is 11.8. The Bertz CT molecular complexity index is 556. The quantitative estimate of drug-likeness (QED) is 0.886. The monoisotopic (exact) mass is 260 g/mol.